The minimum absolute atomic E-state index is 0.0796. The number of fused-ring (bicyclic) bond motifs is 7. The van der Waals surface area contributed by atoms with Crippen molar-refractivity contribution in [1.29, 1.82) is 0 Å². The topological polar surface area (TPSA) is 77.4 Å². The lowest BCUT2D eigenvalue weighted by Crippen LogP contribution is -2.65. The Morgan fingerprint density at radius 2 is 1.45 bits per heavy atom. The van der Waals surface area contributed by atoms with Gasteiger partial charge in [-0.25, -0.2) is 0 Å². The first-order valence-corrected chi connectivity index (χ1v) is 16.8. The lowest BCUT2D eigenvalue weighted by Gasteiger charge is -2.65. The standard InChI is InChI=1S/C34H58O6/c1-9-21(19(2)3)30(36)29(35)20(4)23-10-11-24-22-17-34(37-14-15-38-34)28-16-26-27(40-31(5,6)39-26)18-33(28,8)25(22)12-13-32(23,24)7/h19-30,35-36H,9-18H2,1-8H3/t20-,21-,22-,23+,24-,25-,26-,27+,28?,29-,30-,32+,33+/m0/s1. The van der Waals surface area contributed by atoms with Crippen molar-refractivity contribution in [3.63, 3.8) is 0 Å². The van der Waals surface area contributed by atoms with Gasteiger partial charge >= 0.3 is 0 Å². The monoisotopic (exact) mass is 562 g/mol. The summed E-state index contributed by atoms with van der Waals surface area (Å²) in [6, 6.07) is 0. The summed E-state index contributed by atoms with van der Waals surface area (Å²) in [5.74, 6) is 2.03. The Balaban J connectivity index is 1.27. The number of rotatable bonds is 6. The lowest BCUT2D eigenvalue weighted by molar-refractivity contribution is -0.301. The maximum Gasteiger partial charge on any atom is 0.172 e. The molecule has 40 heavy (non-hydrogen) atoms. The molecule has 0 amide bonds. The molecule has 6 rings (SSSR count). The molecule has 0 aromatic carbocycles. The Hall–Kier alpha value is -0.240. The van der Waals surface area contributed by atoms with Crippen molar-refractivity contribution in [3.8, 4) is 0 Å². The van der Waals surface area contributed by atoms with Gasteiger partial charge < -0.3 is 29.2 Å². The Labute approximate surface area is 243 Å². The van der Waals surface area contributed by atoms with E-state index in [1.54, 1.807) is 0 Å². The summed E-state index contributed by atoms with van der Waals surface area (Å²) in [5, 5.41) is 22.8. The van der Waals surface area contributed by atoms with Crippen LogP contribution in [-0.4, -0.2) is 59.4 Å². The Bertz CT molecular complexity index is 929. The maximum atomic E-state index is 11.5. The van der Waals surface area contributed by atoms with Crippen LogP contribution in [0.3, 0.4) is 0 Å². The molecular weight excluding hydrogens is 504 g/mol. The van der Waals surface area contributed by atoms with Crippen LogP contribution in [0.4, 0.5) is 0 Å². The van der Waals surface area contributed by atoms with Crippen molar-refractivity contribution < 1.29 is 29.2 Å². The van der Waals surface area contributed by atoms with Gasteiger partial charge in [-0.15, -0.1) is 0 Å². The van der Waals surface area contributed by atoms with Crippen LogP contribution >= 0.6 is 0 Å². The summed E-state index contributed by atoms with van der Waals surface area (Å²) in [5.41, 5.74) is 0.251. The van der Waals surface area contributed by atoms with Crippen molar-refractivity contribution in [2.24, 2.45) is 58.2 Å². The molecule has 1 spiro atoms. The second-order valence-electron chi connectivity index (χ2n) is 16.2. The van der Waals surface area contributed by atoms with Crippen LogP contribution in [0.2, 0.25) is 0 Å². The van der Waals surface area contributed by atoms with E-state index in [1.165, 1.54) is 19.3 Å². The normalized spacial score (nSPS) is 48.2. The van der Waals surface area contributed by atoms with E-state index in [-0.39, 0.29) is 34.9 Å². The number of hydrogen-bond acceptors (Lipinski definition) is 6. The average molecular weight is 563 g/mol. The van der Waals surface area contributed by atoms with Gasteiger partial charge in [-0.2, -0.15) is 0 Å². The van der Waals surface area contributed by atoms with Gasteiger partial charge in [0.1, 0.15) is 0 Å². The minimum Gasteiger partial charge on any atom is -0.390 e. The first-order chi connectivity index (χ1) is 18.8. The quantitative estimate of drug-likeness (QED) is 0.403. The third-order valence-corrected chi connectivity index (χ3v) is 13.7. The molecule has 2 heterocycles. The fraction of sp³-hybridized carbons (Fsp3) is 1.00. The number of aliphatic hydroxyl groups is 2. The summed E-state index contributed by atoms with van der Waals surface area (Å²) >= 11 is 0. The molecule has 6 nitrogen and oxygen atoms in total. The number of hydrogen-bond donors (Lipinski definition) is 2. The van der Waals surface area contributed by atoms with Crippen molar-refractivity contribution in [2.45, 2.75) is 143 Å². The molecule has 1 unspecified atom stereocenters. The van der Waals surface area contributed by atoms with Crippen LogP contribution in [0.5, 0.6) is 0 Å². The van der Waals surface area contributed by atoms with E-state index in [0.717, 1.165) is 32.1 Å². The summed E-state index contributed by atoms with van der Waals surface area (Å²) in [6.45, 7) is 19.2. The molecule has 6 fully saturated rings. The van der Waals surface area contributed by atoms with E-state index in [2.05, 4.69) is 55.4 Å². The largest absolute Gasteiger partial charge is 0.390 e. The van der Waals surface area contributed by atoms with Crippen LogP contribution in [0.25, 0.3) is 0 Å². The van der Waals surface area contributed by atoms with E-state index >= 15 is 0 Å². The zero-order valence-corrected chi connectivity index (χ0v) is 26.5. The van der Waals surface area contributed by atoms with Gasteiger partial charge in [0.2, 0.25) is 0 Å². The highest BCUT2D eigenvalue weighted by Crippen LogP contribution is 2.71. The summed E-state index contributed by atoms with van der Waals surface area (Å²) in [4.78, 5) is 0. The lowest BCUT2D eigenvalue weighted by atomic mass is 9.42. The van der Waals surface area contributed by atoms with E-state index in [9.17, 15) is 10.2 Å². The molecule has 0 aromatic heterocycles. The highest BCUT2D eigenvalue weighted by molar-refractivity contribution is 5.16. The van der Waals surface area contributed by atoms with E-state index < -0.39 is 23.8 Å². The van der Waals surface area contributed by atoms with Crippen LogP contribution in [0, 0.1) is 58.2 Å². The highest BCUT2D eigenvalue weighted by atomic mass is 16.8. The van der Waals surface area contributed by atoms with Crippen molar-refractivity contribution in [1.82, 2.24) is 0 Å². The molecule has 0 bridgehead atoms. The minimum atomic E-state index is -0.676. The van der Waals surface area contributed by atoms with Crippen LogP contribution in [0.15, 0.2) is 0 Å². The zero-order chi connectivity index (χ0) is 28.8. The fourth-order valence-electron chi connectivity index (χ4n) is 11.9. The van der Waals surface area contributed by atoms with Gasteiger partial charge in [0.15, 0.2) is 11.6 Å². The third kappa shape index (κ3) is 4.39. The Morgan fingerprint density at radius 1 is 0.800 bits per heavy atom. The second-order valence-corrected chi connectivity index (χ2v) is 16.2. The second kappa shape index (κ2) is 10.2. The molecule has 2 aliphatic heterocycles. The molecule has 230 valence electrons. The molecule has 6 heteroatoms. The van der Waals surface area contributed by atoms with E-state index in [4.69, 9.17) is 18.9 Å². The first-order valence-electron chi connectivity index (χ1n) is 16.8. The van der Waals surface area contributed by atoms with Gasteiger partial charge in [-0.1, -0.05) is 48.0 Å². The van der Waals surface area contributed by atoms with Crippen molar-refractivity contribution in [2.75, 3.05) is 13.2 Å². The smallest absolute Gasteiger partial charge is 0.172 e. The summed E-state index contributed by atoms with van der Waals surface area (Å²) in [6.07, 6.45) is 7.52. The fourth-order valence-corrected chi connectivity index (χ4v) is 11.9. The molecule has 4 aliphatic carbocycles. The van der Waals surface area contributed by atoms with Gasteiger partial charge in [0, 0.05) is 12.3 Å². The van der Waals surface area contributed by atoms with Gasteiger partial charge in [-0.05, 0) is 105 Å². The molecule has 0 radical (unpaired) electrons. The molecule has 13 atom stereocenters. The maximum absolute atomic E-state index is 11.5. The van der Waals surface area contributed by atoms with Crippen LogP contribution < -0.4 is 0 Å². The summed E-state index contributed by atoms with van der Waals surface area (Å²) in [7, 11) is 0. The third-order valence-electron chi connectivity index (χ3n) is 13.7. The molecule has 6 aliphatic rings. The summed E-state index contributed by atoms with van der Waals surface area (Å²) < 4.78 is 26.2. The average Bonchev–Trinajstić information content (AvgIpc) is 3.56. The van der Waals surface area contributed by atoms with E-state index in [0.29, 0.717) is 48.7 Å². The zero-order valence-electron chi connectivity index (χ0n) is 26.5. The van der Waals surface area contributed by atoms with Gasteiger partial charge in [0.25, 0.3) is 0 Å². The molecule has 2 N–H and O–H groups in total. The number of aliphatic hydroxyl groups excluding tert-OH is 2. The molecule has 4 saturated carbocycles. The Kier molecular flexibility index (Phi) is 7.57. The predicted octanol–water partition coefficient (Wildman–Crippen LogP) is 6.17. The van der Waals surface area contributed by atoms with E-state index in [1.807, 2.05) is 0 Å². The SMILES string of the molecule is CC[C@@H](C(C)C)[C@H](O)[C@@H](O)[C@@H](C)[C@H]1CC[C@H]2[C@@H]3CC4(OCCO4)C4C[C@@H]5OC(C)(C)O[C@@H]5C[C@]4(C)[C@H]3CC[C@]12C. The number of ether oxygens (including phenoxy) is 4. The van der Waals surface area contributed by atoms with Crippen LogP contribution in [0.1, 0.15) is 107 Å². The van der Waals surface area contributed by atoms with Gasteiger partial charge in [-0.3, -0.25) is 0 Å². The van der Waals surface area contributed by atoms with Crippen molar-refractivity contribution in [3.05, 3.63) is 0 Å². The first kappa shape index (κ1) is 29.8. The van der Waals surface area contributed by atoms with Gasteiger partial charge in [0.05, 0.1) is 37.6 Å². The molecule has 0 aromatic rings. The highest BCUT2D eigenvalue weighted by Gasteiger charge is 2.70. The molecule has 2 saturated heterocycles. The predicted molar refractivity (Wildman–Crippen MR) is 154 cm³/mol. The van der Waals surface area contributed by atoms with Crippen LogP contribution in [-0.2, 0) is 18.9 Å². The Morgan fingerprint density at radius 3 is 2.10 bits per heavy atom. The van der Waals surface area contributed by atoms with Crippen molar-refractivity contribution >= 4 is 0 Å². The molecular formula is C34H58O6.